The zero-order chi connectivity index (χ0) is 65.9. The number of aromatic nitrogens is 8. The van der Waals surface area contributed by atoms with Crippen LogP contribution in [0.25, 0.3) is 124 Å². The van der Waals surface area contributed by atoms with Crippen LogP contribution in [0, 0.1) is 0 Å². The fraction of sp³-hybridized carbons (Fsp3) is 0.0222. The monoisotopic (exact) mass is 1280 g/mol. The summed E-state index contributed by atoms with van der Waals surface area (Å²) in [5.74, 6) is 6.29. The Balaban J connectivity index is 0.689. The molecule has 6 heterocycles. The lowest BCUT2D eigenvalue weighted by Crippen LogP contribution is -2.32. The van der Waals surface area contributed by atoms with Gasteiger partial charge in [0, 0.05) is 67.4 Å². The van der Waals surface area contributed by atoms with E-state index in [2.05, 4.69) is 206 Å². The zero-order valence-electron chi connectivity index (χ0n) is 53.6. The first-order chi connectivity index (χ1) is 49.6. The molecule has 10 heteroatoms. The van der Waals surface area contributed by atoms with Crippen LogP contribution in [0.5, 0.6) is 23.0 Å². The molecule has 0 bridgehead atoms. The SMILES string of the molecule is c1ccc(-c2nc(-c3ccc(-c4cccc5c4Oc4ccccc4C54c5ccccc5-c5ccccc54)nc3)nc(-c3cccc(-c4cccc5c4-c4ccccc4C54c5ccccc5Oc5c(-c6cccc(-c7nc(-c8ccccc8)nc(-c8ccccc8)n7)n6)cccc54)c3)n2)cc1. The number of benzene rings is 12. The predicted octanol–water partition coefficient (Wildman–Crippen LogP) is 20.8. The summed E-state index contributed by atoms with van der Waals surface area (Å²) in [6, 6.07) is 112. The first-order valence-corrected chi connectivity index (χ1v) is 33.5. The highest BCUT2D eigenvalue weighted by molar-refractivity contribution is 5.98. The van der Waals surface area contributed by atoms with E-state index in [1.807, 2.05) is 121 Å². The van der Waals surface area contributed by atoms with Gasteiger partial charge in [-0.1, -0.05) is 267 Å². The smallest absolute Gasteiger partial charge is 0.182 e. The molecule has 0 fully saturated rings. The maximum atomic E-state index is 7.23. The summed E-state index contributed by atoms with van der Waals surface area (Å²) < 4.78 is 14.3. The first kappa shape index (κ1) is 56.9. The topological polar surface area (TPSA) is 122 Å². The maximum absolute atomic E-state index is 7.23. The highest BCUT2D eigenvalue weighted by Gasteiger charge is 2.53. The van der Waals surface area contributed by atoms with Crippen LogP contribution in [-0.4, -0.2) is 39.9 Å². The first-order valence-electron chi connectivity index (χ1n) is 33.5. The Hall–Kier alpha value is -13.4. The summed E-state index contributed by atoms with van der Waals surface area (Å²) in [5.41, 5.74) is 22.5. The maximum Gasteiger partial charge on any atom is 0.182 e. The molecule has 0 saturated carbocycles. The van der Waals surface area contributed by atoms with Crippen molar-refractivity contribution in [3.63, 3.8) is 0 Å². The van der Waals surface area contributed by atoms with Crippen LogP contribution in [0.3, 0.4) is 0 Å². The van der Waals surface area contributed by atoms with Gasteiger partial charge in [0.05, 0.1) is 22.2 Å². The van der Waals surface area contributed by atoms with Gasteiger partial charge in [0.15, 0.2) is 34.9 Å². The minimum Gasteiger partial charge on any atom is -0.456 e. The lowest BCUT2D eigenvalue weighted by Gasteiger charge is -2.40. The molecule has 0 radical (unpaired) electrons. The highest BCUT2D eigenvalue weighted by atomic mass is 16.5. The van der Waals surface area contributed by atoms with Crippen molar-refractivity contribution in [3.05, 3.63) is 372 Å². The van der Waals surface area contributed by atoms with E-state index in [0.717, 1.165) is 129 Å². The highest BCUT2D eigenvalue weighted by Crippen LogP contribution is 2.66. The van der Waals surface area contributed by atoms with Crippen molar-refractivity contribution in [2.75, 3.05) is 0 Å². The molecule has 12 aromatic carbocycles. The molecule has 1 unspecified atom stereocenters. The predicted molar refractivity (Wildman–Crippen MR) is 392 cm³/mol. The van der Waals surface area contributed by atoms with Gasteiger partial charge in [-0.2, -0.15) is 0 Å². The van der Waals surface area contributed by atoms with Crippen LogP contribution in [0.4, 0.5) is 0 Å². The second kappa shape index (κ2) is 22.6. The molecule has 2 spiro atoms. The molecule has 4 aliphatic rings. The second-order valence-electron chi connectivity index (χ2n) is 25.6. The Labute approximate surface area is 576 Å². The van der Waals surface area contributed by atoms with E-state index in [4.69, 9.17) is 49.3 Å². The number of ether oxygens (including phenoxy) is 2. The van der Waals surface area contributed by atoms with E-state index in [-0.39, 0.29) is 0 Å². The number of hydrogen-bond acceptors (Lipinski definition) is 10. The Morgan fingerprint density at radius 1 is 0.210 bits per heavy atom. The average Bonchev–Trinajstić information content (AvgIpc) is 1.48. The van der Waals surface area contributed by atoms with E-state index in [1.165, 1.54) is 22.3 Å². The average molecular weight is 1280 g/mol. The van der Waals surface area contributed by atoms with Crippen LogP contribution in [0.1, 0.15) is 44.5 Å². The Bertz CT molecular complexity index is 5900. The lowest BCUT2D eigenvalue weighted by molar-refractivity contribution is 0.437. The molecule has 16 aromatic rings. The molecule has 466 valence electrons. The fourth-order valence-electron chi connectivity index (χ4n) is 16.0. The number of para-hydroxylation sites is 4. The van der Waals surface area contributed by atoms with E-state index in [0.29, 0.717) is 40.6 Å². The molecule has 0 saturated heterocycles. The van der Waals surface area contributed by atoms with Crippen molar-refractivity contribution >= 4 is 0 Å². The summed E-state index contributed by atoms with van der Waals surface area (Å²) in [4.78, 5) is 41.5. The van der Waals surface area contributed by atoms with Crippen LogP contribution in [0.2, 0.25) is 0 Å². The summed E-state index contributed by atoms with van der Waals surface area (Å²) >= 11 is 0. The number of nitrogens with zero attached hydrogens (tertiary/aromatic N) is 8. The molecule has 0 N–H and O–H groups in total. The molecule has 2 aliphatic carbocycles. The van der Waals surface area contributed by atoms with Crippen LogP contribution in [-0.2, 0) is 10.8 Å². The summed E-state index contributed by atoms with van der Waals surface area (Å²) in [6.07, 6.45) is 1.87. The van der Waals surface area contributed by atoms with Crippen LogP contribution >= 0.6 is 0 Å². The molecule has 0 amide bonds. The molecule has 4 aromatic heterocycles. The third-order valence-electron chi connectivity index (χ3n) is 20.2. The van der Waals surface area contributed by atoms with Gasteiger partial charge < -0.3 is 9.47 Å². The van der Waals surface area contributed by atoms with Crippen molar-refractivity contribution in [1.29, 1.82) is 0 Å². The summed E-state index contributed by atoms with van der Waals surface area (Å²) in [7, 11) is 0. The minimum atomic E-state index is -0.799. The largest absolute Gasteiger partial charge is 0.456 e. The van der Waals surface area contributed by atoms with Gasteiger partial charge in [-0.3, -0.25) is 4.98 Å². The third-order valence-corrected chi connectivity index (χ3v) is 20.2. The number of hydrogen-bond donors (Lipinski definition) is 0. The lowest BCUT2D eigenvalue weighted by atomic mass is 9.65. The van der Waals surface area contributed by atoms with E-state index < -0.39 is 10.8 Å². The van der Waals surface area contributed by atoms with Gasteiger partial charge in [0.25, 0.3) is 0 Å². The van der Waals surface area contributed by atoms with Crippen molar-refractivity contribution in [3.8, 4) is 147 Å². The number of fused-ring (bicyclic) bond motifs is 18. The van der Waals surface area contributed by atoms with Crippen LogP contribution < -0.4 is 9.47 Å². The van der Waals surface area contributed by atoms with Crippen molar-refractivity contribution in [2.24, 2.45) is 0 Å². The van der Waals surface area contributed by atoms with Crippen LogP contribution in [0.15, 0.2) is 328 Å². The summed E-state index contributed by atoms with van der Waals surface area (Å²) in [5, 5.41) is 0. The third kappa shape index (κ3) is 8.63. The number of rotatable bonds is 9. The van der Waals surface area contributed by atoms with Crippen molar-refractivity contribution in [1.82, 2.24) is 39.9 Å². The Kier molecular flexibility index (Phi) is 12.8. The molecule has 10 nitrogen and oxygen atoms in total. The molecule has 2 aliphatic heterocycles. The zero-order valence-corrected chi connectivity index (χ0v) is 53.6. The quantitative estimate of drug-likeness (QED) is 0.138. The van der Waals surface area contributed by atoms with Gasteiger partial charge in [-0.25, -0.2) is 34.9 Å². The Morgan fingerprint density at radius 2 is 0.580 bits per heavy atom. The molecule has 1 atom stereocenters. The van der Waals surface area contributed by atoms with Gasteiger partial charge in [0.1, 0.15) is 28.7 Å². The van der Waals surface area contributed by atoms with Crippen molar-refractivity contribution in [2.45, 2.75) is 10.8 Å². The molecule has 100 heavy (non-hydrogen) atoms. The van der Waals surface area contributed by atoms with Gasteiger partial charge >= 0.3 is 0 Å². The minimum absolute atomic E-state index is 0.467. The Morgan fingerprint density at radius 3 is 1.13 bits per heavy atom. The van der Waals surface area contributed by atoms with Gasteiger partial charge in [0.2, 0.25) is 0 Å². The van der Waals surface area contributed by atoms with E-state index in [1.54, 1.807) is 0 Å². The van der Waals surface area contributed by atoms with Gasteiger partial charge in [-0.15, -0.1) is 0 Å². The molecular weight excluding hydrogens is 1230 g/mol. The fourth-order valence-corrected chi connectivity index (χ4v) is 16.0. The van der Waals surface area contributed by atoms with Crippen molar-refractivity contribution < 1.29 is 9.47 Å². The van der Waals surface area contributed by atoms with Gasteiger partial charge in [-0.05, 0) is 110 Å². The second-order valence-corrected chi connectivity index (χ2v) is 25.6. The standard InChI is InChI=1S/C90H54N8O2/c1-4-25-55(26-5-1)83-94-86(96-87(95-83)60-51-52-75(91-54-60)65-37-22-45-73-81(65)99-78-49-18-16-42-70(78)89(73)67-39-13-10-33-62(67)63-34-11-14-40-68(63)89)59-32-20-31-58(53-59)61-36-21-44-72-80(61)64-35-12-15-41-69(64)90(72)71-43-17-19-50-79(71)100-82-66(38-23-46-74(82)90)76-47-24-48-77(92-76)88-97-84(56-27-6-2-7-28-56)93-85(98-88)57-29-8-3-9-30-57/h1-54H. The number of pyridine rings is 2. The summed E-state index contributed by atoms with van der Waals surface area (Å²) in [6.45, 7) is 0. The van der Waals surface area contributed by atoms with E-state index >= 15 is 0 Å². The molecule has 20 rings (SSSR count). The molecular formula is C90H54N8O2. The normalized spacial score (nSPS) is 14.3. The van der Waals surface area contributed by atoms with E-state index in [9.17, 15) is 0 Å².